The van der Waals surface area contributed by atoms with Gasteiger partial charge in [0.1, 0.15) is 16.9 Å². The summed E-state index contributed by atoms with van der Waals surface area (Å²) in [5.74, 6) is 0.613. The van der Waals surface area contributed by atoms with Gasteiger partial charge in [0.25, 0.3) is 0 Å². The normalized spacial score (nSPS) is 14.6. The van der Waals surface area contributed by atoms with Crippen LogP contribution in [-0.4, -0.2) is 27.0 Å². The quantitative estimate of drug-likeness (QED) is 0.542. The lowest BCUT2D eigenvalue weighted by atomic mass is 10.1. The highest BCUT2D eigenvalue weighted by molar-refractivity contribution is 5.91. The highest BCUT2D eigenvalue weighted by Gasteiger charge is 2.15. The molecule has 5 heteroatoms. The number of anilines is 1. The van der Waals surface area contributed by atoms with E-state index in [1.165, 1.54) is 12.8 Å². The van der Waals surface area contributed by atoms with Crippen molar-refractivity contribution < 1.29 is 13.9 Å². The van der Waals surface area contributed by atoms with Crippen LogP contribution in [0.25, 0.3) is 21.9 Å². The summed E-state index contributed by atoms with van der Waals surface area (Å²) in [5, 5.41) is 1.16. The minimum absolute atomic E-state index is 0.0162. The lowest BCUT2D eigenvalue weighted by molar-refractivity contribution is 0.0512. The standard InChI is InChI=1S/C19H19NO4/c1-22-12-23-14-5-7-16-18(11-14)24-17-10-13(20-8-2-3-9-20)4-6-15(17)19(16)21/h4-7,10-11H,2-3,8-9,12H2,1H3. The van der Waals surface area contributed by atoms with Crippen LogP contribution in [0.15, 0.2) is 45.6 Å². The summed E-state index contributed by atoms with van der Waals surface area (Å²) >= 11 is 0. The minimum atomic E-state index is -0.0162. The molecule has 2 heterocycles. The Balaban J connectivity index is 1.83. The monoisotopic (exact) mass is 325 g/mol. The van der Waals surface area contributed by atoms with Gasteiger partial charge in [0.2, 0.25) is 5.43 Å². The van der Waals surface area contributed by atoms with Crippen LogP contribution in [0.4, 0.5) is 5.69 Å². The van der Waals surface area contributed by atoms with E-state index < -0.39 is 0 Å². The molecule has 0 aliphatic carbocycles. The van der Waals surface area contributed by atoms with Gasteiger partial charge in [-0.25, -0.2) is 0 Å². The Morgan fingerprint density at radius 2 is 1.75 bits per heavy atom. The molecule has 0 radical (unpaired) electrons. The van der Waals surface area contributed by atoms with Gasteiger partial charge in [-0.15, -0.1) is 0 Å². The molecule has 0 unspecified atom stereocenters. The van der Waals surface area contributed by atoms with Gasteiger partial charge in [-0.2, -0.15) is 0 Å². The number of rotatable bonds is 4. The molecule has 0 amide bonds. The topological polar surface area (TPSA) is 51.9 Å². The molecule has 1 aliphatic heterocycles. The van der Waals surface area contributed by atoms with Crippen molar-refractivity contribution >= 4 is 27.6 Å². The smallest absolute Gasteiger partial charge is 0.200 e. The Bertz CT molecular complexity index is 941. The van der Waals surface area contributed by atoms with Crippen LogP contribution in [0.1, 0.15) is 12.8 Å². The van der Waals surface area contributed by atoms with Crippen LogP contribution < -0.4 is 15.1 Å². The third-order valence-electron chi connectivity index (χ3n) is 4.44. The molecule has 24 heavy (non-hydrogen) atoms. The molecule has 0 atom stereocenters. The van der Waals surface area contributed by atoms with Gasteiger partial charge < -0.3 is 18.8 Å². The van der Waals surface area contributed by atoms with Crippen LogP contribution >= 0.6 is 0 Å². The molecular weight excluding hydrogens is 306 g/mol. The fourth-order valence-electron chi connectivity index (χ4n) is 3.21. The Hall–Kier alpha value is -2.53. The largest absolute Gasteiger partial charge is 0.467 e. The van der Waals surface area contributed by atoms with Crippen LogP contribution in [-0.2, 0) is 4.74 Å². The first kappa shape index (κ1) is 15.0. The number of methoxy groups -OCH3 is 1. The molecule has 124 valence electrons. The summed E-state index contributed by atoms with van der Waals surface area (Å²) in [6.45, 7) is 2.26. The summed E-state index contributed by atoms with van der Waals surface area (Å²) in [6, 6.07) is 11.1. The molecule has 3 aromatic rings. The van der Waals surface area contributed by atoms with Crippen molar-refractivity contribution in [2.75, 3.05) is 31.9 Å². The van der Waals surface area contributed by atoms with E-state index in [2.05, 4.69) is 4.90 Å². The van der Waals surface area contributed by atoms with Crippen molar-refractivity contribution in [3.05, 3.63) is 46.6 Å². The molecule has 4 rings (SSSR count). The average molecular weight is 325 g/mol. The zero-order valence-electron chi connectivity index (χ0n) is 13.6. The maximum Gasteiger partial charge on any atom is 0.200 e. The number of nitrogens with zero attached hydrogens (tertiary/aromatic N) is 1. The van der Waals surface area contributed by atoms with E-state index >= 15 is 0 Å². The Morgan fingerprint density at radius 1 is 1.04 bits per heavy atom. The van der Waals surface area contributed by atoms with Gasteiger partial charge in [0, 0.05) is 38.0 Å². The van der Waals surface area contributed by atoms with Gasteiger partial charge in [0.15, 0.2) is 6.79 Å². The Labute approximate surface area is 139 Å². The summed E-state index contributed by atoms with van der Waals surface area (Å²) < 4.78 is 16.3. The van der Waals surface area contributed by atoms with E-state index in [0.29, 0.717) is 27.7 Å². The Morgan fingerprint density at radius 3 is 2.50 bits per heavy atom. The maximum absolute atomic E-state index is 12.7. The molecule has 0 bridgehead atoms. The maximum atomic E-state index is 12.7. The van der Waals surface area contributed by atoms with Gasteiger partial charge >= 0.3 is 0 Å². The number of benzene rings is 2. The van der Waals surface area contributed by atoms with Crippen LogP contribution in [0.2, 0.25) is 0 Å². The number of hydrogen-bond donors (Lipinski definition) is 0. The predicted octanol–water partition coefficient (Wildman–Crippen LogP) is 3.53. The van der Waals surface area contributed by atoms with E-state index in [4.69, 9.17) is 13.9 Å². The lowest BCUT2D eigenvalue weighted by Crippen LogP contribution is -2.17. The Kier molecular flexibility index (Phi) is 3.86. The molecule has 2 aromatic carbocycles. The molecule has 5 nitrogen and oxygen atoms in total. The predicted molar refractivity (Wildman–Crippen MR) is 93.9 cm³/mol. The highest BCUT2D eigenvalue weighted by atomic mass is 16.7. The molecule has 0 saturated carbocycles. The van der Waals surface area contributed by atoms with Crippen molar-refractivity contribution in [3.63, 3.8) is 0 Å². The molecule has 1 saturated heterocycles. The van der Waals surface area contributed by atoms with Crippen LogP contribution in [0, 0.1) is 0 Å². The first-order valence-electron chi connectivity index (χ1n) is 8.13. The van der Waals surface area contributed by atoms with E-state index in [0.717, 1.165) is 18.8 Å². The van der Waals surface area contributed by atoms with Crippen molar-refractivity contribution in [2.45, 2.75) is 12.8 Å². The summed E-state index contributed by atoms with van der Waals surface area (Å²) in [5.41, 5.74) is 2.23. The second kappa shape index (κ2) is 6.17. The molecular formula is C19H19NO4. The summed E-state index contributed by atoms with van der Waals surface area (Å²) in [4.78, 5) is 15.0. The first-order chi connectivity index (χ1) is 11.8. The molecule has 1 aromatic heterocycles. The fourth-order valence-corrected chi connectivity index (χ4v) is 3.21. The van der Waals surface area contributed by atoms with Crippen molar-refractivity contribution in [1.82, 2.24) is 0 Å². The third kappa shape index (κ3) is 2.61. The second-order valence-corrected chi connectivity index (χ2v) is 6.01. The van der Waals surface area contributed by atoms with Crippen LogP contribution in [0.3, 0.4) is 0 Å². The number of fused-ring (bicyclic) bond motifs is 2. The molecule has 0 N–H and O–H groups in total. The molecule has 0 spiro atoms. The number of hydrogen-bond acceptors (Lipinski definition) is 5. The zero-order chi connectivity index (χ0) is 16.5. The zero-order valence-corrected chi connectivity index (χ0v) is 13.6. The fraction of sp³-hybridized carbons (Fsp3) is 0.316. The summed E-state index contributed by atoms with van der Waals surface area (Å²) in [7, 11) is 1.56. The summed E-state index contributed by atoms with van der Waals surface area (Å²) in [6.07, 6.45) is 2.42. The van der Waals surface area contributed by atoms with E-state index in [9.17, 15) is 4.79 Å². The van der Waals surface area contributed by atoms with Crippen LogP contribution in [0.5, 0.6) is 5.75 Å². The van der Waals surface area contributed by atoms with Crippen molar-refractivity contribution in [3.8, 4) is 5.75 Å². The van der Waals surface area contributed by atoms with Crippen molar-refractivity contribution in [2.24, 2.45) is 0 Å². The highest BCUT2D eigenvalue weighted by Crippen LogP contribution is 2.27. The molecule has 1 fully saturated rings. The van der Waals surface area contributed by atoms with E-state index in [1.807, 2.05) is 18.2 Å². The van der Waals surface area contributed by atoms with E-state index in [1.54, 1.807) is 25.3 Å². The minimum Gasteiger partial charge on any atom is -0.467 e. The van der Waals surface area contributed by atoms with Gasteiger partial charge in [-0.05, 0) is 37.1 Å². The van der Waals surface area contributed by atoms with E-state index in [-0.39, 0.29) is 12.2 Å². The third-order valence-corrected chi connectivity index (χ3v) is 4.44. The lowest BCUT2D eigenvalue weighted by Gasteiger charge is -2.17. The first-order valence-corrected chi connectivity index (χ1v) is 8.13. The van der Waals surface area contributed by atoms with Gasteiger partial charge in [-0.3, -0.25) is 4.79 Å². The SMILES string of the molecule is COCOc1ccc2c(=O)c3ccc(N4CCCC4)cc3oc2c1. The second-order valence-electron chi connectivity index (χ2n) is 6.01. The number of ether oxygens (including phenoxy) is 2. The van der Waals surface area contributed by atoms with Gasteiger partial charge in [-0.1, -0.05) is 0 Å². The van der Waals surface area contributed by atoms with Crippen molar-refractivity contribution in [1.29, 1.82) is 0 Å². The molecule has 1 aliphatic rings. The van der Waals surface area contributed by atoms with Gasteiger partial charge in [0.05, 0.1) is 10.8 Å². The average Bonchev–Trinajstić information content (AvgIpc) is 3.14.